The van der Waals surface area contributed by atoms with Gasteiger partial charge in [-0.3, -0.25) is 0 Å². The van der Waals surface area contributed by atoms with Crippen molar-refractivity contribution < 1.29 is 14.6 Å². The van der Waals surface area contributed by atoms with E-state index in [9.17, 15) is 9.90 Å². The molecule has 4 nitrogen and oxygen atoms in total. The van der Waals surface area contributed by atoms with Crippen LogP contribution in [0, 0.1) is 5.41 Å². The lowest BCUT2D eigenvalue weighted by Gasteiger charge is -2.56. The quantitative estimate of drug-likeness (QED) is 0.835. The Labute approximate surface area is 150 Å². The van der Waals surface area contributed by atoms with Crippen molar-refractivity contribution in [1.82, 2.24) is 4.90 Å². The van der Waals surface area contributed by atoms with Crippen molar-refractivity contribution >= 4 is 6.09 Å². The van der Waals surface area contributed by atoms with Crippen LogP contribution in [0.25, 0.3) is 0 Å². The fourth-order valence-electron chi connectivity index (χ4n) is 5.14. The van der Waals surface area contributed by atoms with Gasteiger partial charge in [0, 0.05) is 24.9 Å². The summed E-state index contributed by atoms with van der Waals surface area (Å²) in [7, 11) is 0. The first-order valence-corrected chi connectivity index (χ1v) is 9.08. The van der Waals surface area contributed by atoms with Crippen LogP contribution >= 0.6 is 0 Å². The molecule has 1 aliphatic heterocycles. The van der Waals surface area contributed by atoms with Gasteiger partial charge in [0.2, 0.25) is 0 Å². The van der Waals surface area contributed by atoms with E-state index in [4.69, 9.17) is 4.74 Å². The molecule has 1 aromatic rings. The number of amides is 1. The van der Waals surface area contributed by atoms with Gasteiger partial charge in [0.05, 0.1) is 12.2 Å². The number of likely N-dealkylation sites (tertiary alicyclic amines) is 1. The van der Waals surface area contributed by atoms with E-state index in [1.165, 1.54) is 16.0 Å². The van der Waals surface area contributed by atoms with Crippen molar-refractivity contribution in [3.05, 3.63) is 48.0 Å². The number of carboxylic acid groups (broad SMARTS) is 1. The molecule has 0 aromatic heterocycles. The van der Waals surface area contributed by atoms with E-state index in [0.717, 1.165) is 19.3 Å². The third kappa shape index (κ3) is 2.58. The average molecular weight is 343 g/mol. The first-order chi connectivity index (χ1) is 11.8. The molecule has 1 saturated heterocycles. The number of carbonyl (C=O) groups is 1. The zero-order valence-corrected chi connectivity index (χ0v) is 15.5. The number of piperidine rings is 1. The minimum absolute atomic E-state index is 0.0829. The molecule has 1 aromatic carbocycles. The number of rotatable bonds is 3. The smallest absolute Gasteiger partial charge is 0.407 e. The zero-order chi connectivity index (χ0) is 18.3. The summed E-state index contributed by atoms with van der Waals surface area (Å²) in [4.78, 5) is 12.9. The standard InChI is InChI=1S/C21H29NO3/c1-5-14-25-21(19(2,3)4)15-16-8-6-7-9-17(16)20(21)10-12-22(13-11-20)18(23)24/h5-9H,1,10-15H2,2-4H3,(H,23,24)/t21-/m1/s1. The van der Waals surface area contributed by atoms with Crippen LogP contribution in [-0.2, 0) is 16.6 Å². The number of hydrogen-bond acceptors (Lipinski definition) is 2. The highest BCUT2D eigenvalue weighted by Crippen LogP contribution is 2.60. The van der Waals surface area contributed by atoms with Gasteiger partial charge < -0.3 is 14.7 Å². The molecule has 2 aliphatic rings. The van der Waals surface area contributed by atoms with Gasteiger partial charge in [-0.15, -0.1) is 6.58 Å². The summed E-state index contributed by atoms with van der Waals surface area (Å²) in [5, 5.41) is 9.38. The van der Waals surface area contributed by atoms with Gasteiger partial charge in [-0.2, -0.15) is 0 Å². The molecular weight excluding hydrogens is 314 g/mol. The van der Waals surface area contributed by atoms with Crippen molar-refractivity contribution in [2.75, 3.05) is 19.7 Å². The fourth-order valence-corrected chi connectivity index (χ4v) is 5.14. The number of hydrogen-bond donors (Lipinski definition) is 1. The Bertz CT molecular complexity index is 668. The van der Waals surface area contributed by atoms with E-state index < -0.39 is 6.09 Å². The number of benzene rings is 1. The molecule has 25 heavy (non-hydrogen) atoms. The molecule has 4 heteroatoms. The lowest BCUT2D eigenvalue weighted by molar-refractivity contribution is -0.162. The molecule has 1 aliphatic carbocycles. The highest BCUT2D eigenvalue weighted by molar-refractivity contribution is 5.65. The molecular formula is C21H29NO3. The van der Waals surface area contributed by atoms with E-state index >= 15 is 0 Å². The molecule has 3 rings (SSSR count). The SMILES string of the molecule is C=CCO[C@@]1(C(C)(C)C)Cc2ccccc2C12CCN(C(=O)O)CC2. The van der Waals surface area contributed by atoms with Crippen LogP contribution in [0.2, 0.25) is 0 Å². The minimum atomic E-state index is -0.825. The van der Waals surface area contributed by atoms with Crippen molar-refractivity contribution in [3.8, 4) is 0 Å². The van der Waals surface area contributed by atoms with Gasteiger partial charge in [0.1, 0.15) is 0 Å². The van der Waals surface area contributed by atoms with Crippen LogP contribution in [-0.4, -0.2) is 41.4 Å². The Morgan fingerprint density at radius 3 is 2.52 bits per heavy atom. The number of ether oxygens (including phenoxy) is 1. The van der Waals surface area contributed by atoms with Crippen molar-refractivity contribution in [2.45, 2.75) is 51.0 Å². The highest BCUT2D eigenvalue weighted by atomic mass is 16.5. The van der Waals surface area contributed by atoms with Crippen LogP contribution in [0.5, 0.6) is 0 Å². The van der Waals surface area contributed by atoms with Crippen LogP contribution in [0.15, 0.2) is 36.9 Å². The monoisotopic (exact) mass is 343 g/mol. The predicted octanol–water partition coefficient (Wildman–Crippen LogP) is 4.24. The summed E-state index contributed by atoms with van der Waals surface area (Å²) >= 11 is 0. The van der Waals surface area contributed by atoms with E-state index in [2.05, 4.69) is 51.6 Å². The van der Waals surface area contributed by atoms with Crippen LogP contribution in [0.4, 0.5) is 4.79 Å². The first kappa shape index (κ1) is 18.0. The maximum absolute atomic E-state index is 11.4. The lowest BCUT2D eigenvalue weighted by atomic mass is 9.56. The predicted molar refractivity (Wildman–Crippen MR) is 99.0 cm³/mol. The maximum Gasteiger partial charge on any atom is 0.407 e. The Morgan fingerprint density at radius 2 is 1.96 bits per heavy atom. The summed E-state index contributed by atoms with van der Waals surface area (Å²) in [5.41, 5.74) is 2.09. The van der Waals surface area contributed by atoms with Gasteiger partial charge in [-0.25, -0.2) is 4.79 Å². The molecule has 1 N–H and O–H groups in total. The Morgan fingerprint density at radius 1 is 1.32 bits per heavy atom. The van der Waals surface area contributed by atoms with Gasteiger partial charge in [0.25, 0.3) is 0 Å². The topological polar surface area (TPSA) is 49.8 Å². The summed E-state index contributed by atoms with van der Waals surface area (Å²) in [5.74, 6) is 0. The van der Waals surface area contributed by atoms with E-state index in [0.29, 0.717) is 19.7 Å². The third-order valence-electron chi connectivity index (χ3n) is 6.29. The largest absolute Gasteiger partial charge is 0.465 e. The van der Waals surface area contributed by atoms with Crippen LogP contribution in [0.3, 0.4) is 0 Å². The summed E-state index contributed by atoms with van der Waals surface area (Å²) < 4.78 is 6.59. The fraction of sp³-hybridized carbons (Fsp3) is 0.571. The first-order valence-electron chi connectivity index (χ1n) is 9.08. The van der Waals surface area contributed by atoms with Crippen molar-refractivity contribution in [2.24, 2.45) is 5.41 Å². The molecule has 0 saturated carbocycles. The average Bonchev–Trinajstić information content (AvgIpc) is 2.84. The molecule has 136 valence electrons. The third-order valence-corrected chi connectivity index (χ3v) is 6.29. The highest BCUT2D eigenvalue weighted by Gasteiger charge is 2.64. The molecule has 1 atom stereocenters. The number of nitrogens with zero attached hydrogens (tertiary/aromatic N) is 1. The van der Waals surface area contributed by atoms with Crippen molar-refractivity contribution in [1.29, 1.82) is 0 Å². The van der Waals surface area contributed by atoms with Gasteiger partial charge in [-0.05, 0) is 29.4 Å². The zero-order valence-electron chi connectivity index (χ0n) is 15.5. The summed E-state index contributed by atoms with van der Waals surface area (Å²) in [6.45, 7) is 12.2. The Hall–Kier alpha value is -1.81. The lowest BCUT2D eigenvalue weighted by Crippen LogP contribution is -2.62. The Balaban J connectivity index is 2.11. The molecule has 0 unspecified atom stereocenters. The molecule has 1 amide bonds. The normalized spacial score (nSPS) is 25.0. The van der Waals surface area contributed by atoms with Gasteiger partial charge >= 0.3 is 6.09 Å². The van der Waals surface area contributed by atoms with Crippen LogP contribution in [0.1, 0.15) is 44.7 Å². The summed E-state index contributed by atoms with van der Waals surface area (Å²) in [6.07, 6.45) is 3.45. The van der Waals surface area contributed by atoms with Gasteiger partial charge in [0.15, 0.2) is 0 Å². The second kappa shape index (κ2) is 6.17. The molecule has 1 heterocycles. The molecule has 1 spiro atoms. The summed E-state index contributed by atoms with van der Waals surface area (Å²) in [6, 6.07) is 8.60. The maximum atomic E-state index is 11.4. The van der Waals surface area contributed by atoms with E-state index in [1.807, 2.05) is 6.08 Å². The van der Waals surface area contributed by atoms with E-state index in [1.54, 1.807) is 0 Å². The molecule has 0 radical (unpaired) electrons. The Kier molecular flexibility index (Phi) is 4.44. The number of fused-ring (bicyclic) bond motifs is 2. The van der Waals surface area contributed by atoms with Crippen LogP contribution < -0.4 is 0 Å². The second-order valence-electron chi connectivity index (χ2n) is 8.36. The van der Waals surface area contributed by atoms with Gasteiger partial charge in [-0.1, -0.05) is 51.1 Å². The molecule has 1 fully saturated rings. The minimum Gasteiger partial charge on any atom is -0.465 e. The molecule has 0 bridgehead atoms. The second-order valence-corrected chi connectivity index (χ2v) is 8.36. The van der Waals surface area contributed by atoms with Crippen molar-refractivity contribution in [3.63, 3.8) is 0 Å². The van der Waals surface area contributed by atoms with E-state index in [-0.39, 0.29) is 16.4 Å².